The monoisotopic (exact) mass is 273 g/mol. The van der Waals surface area contributed by atoms with Crippen molar-refractivity contribution >= 4 is 5.69 Å². The Morgan fingerprint density at radius 3 is 2.30 bits per heavy atom. The molecule has 0 bridgehead atoms. The molecule has 1 atom stereocenters. The fourth-order valence-electron chi connectivity index (χ4n) is 2.32. The van der Waals surface area contributed by atoms with Crippen LogP contribution < -0.4 is 10.1 Å². The van der Waals surface area contributed by atoms with E-state index in [1.54, 1.807) is 19.2 Å². The second-order valence-corrected chi connectivity index (χ2v) is 5.13. The fourth-order valence-corrected chi connectivity index (χ4v) is 2.32. The van der Waals surface area contributed by atoms with E-state index < -0.39 is 0 Å². The Balaban J connectivity index is 2.24. The second kappa shape index (κ2) is 5.95. The molecular formula is C17H20FNO. The molecule has 3 heteroatoms. The van der Waals surface area contributed by atoms with Gasteiger partial charge in [-0.3, -0.25) is 0 Å². The van der Waals surface area contributed by atoms with E-state index in [1.165, 1.54) is 17.2 Å². The molecule has 0 saturated heterocycles. The van der Waals surface area contributed by atoms with Gasteiger partial charge in [0.05, 0.1) is 12.8 Å². The molecule has 0 fully saturated rings. The van der Waals surface area contributed by atoms with Crippen LogP contribution in [0.25, 0.3) is 0 Å². The zero-order chi connectivity index (χ0) is 14.7. The molecule has 2 nitrogen and oxygen atoms in total. The van der Waals surface area contributed by atoms with Crippen LogP contribution in [0.4, 0.5) is 10.1 Å². The smallest absolute Gasteiger partial charge is 0.146 e. The average molecular weight is 273 g/mol. The number of rotatable bonds is 4. The van der Waals surface area contributed by atoms with Gasteiger partial charge in [-0.15, -0.1) is 0 Å². The van der Waals surface area contributed by atoms with E-state index in [4.69, 9.17) is 4.74 Å². The Labute approximate surface area is 119 Å². The number of hydrogen-bond acceptors (Lipinski definition) is 2. The Morgan fingerprint density at radius 1 is 1.05 bits per heavy atom. The first kappa shape index (κ1) is 14.4. The van der Waals surface area contributed by atoms with E-state index >= 15 is 0 Å². The van der Waals surface area contributed by atoms with Crippen LogP contribution in [-0.4, -0.2) is 7.11 Å². The van der Waals surface area contributed by atoms with Crippen LogP contribution >= 0.6 is 0 Å². The lowest BCUT2D eigenvalue weighted by molar-refractivity contribution is 0.414. The van der Waals surface area contributed by atoms with Crippen molar-refractivity contribution in [2.75, 3.05) is 12.4 Å². The quantitative estimate of drug-likeness (QED) is 0.877. The number of nitrogens with one attached hydrogen (secondary N) is 1. The van der Waals surface area contributed by atoms with Crippen molar-refractivity contribution in [2.45, 2.75) is 26.8 Å². The summed E-state index contributed by atoms with van der Waals surface area (Å²) in [7, 11) is 1.57. The molecule has 1 unspecified atom stereocenters. The Hall–Kier alpha value is -2.03. The van der Waals surface area contributed by atoms with E-state index in [9.17, 15) is 4.39 Å². The summed E-state index contributed by atoms with van der Waals surface area (Å²) in [6, 6.07) is 11.1. The fraction of sp³-hybridized carbons (Fsp3) is 0.294. The molecule has 2 rings (SSSR count). The standard InChI is InChI=1S/C17H20FNO/c1-11-7-12(2)9-14(8-11)13(3)19-17-10-15(20-4)5-6-16(17)18/h5-10,13,19H,1-4H3. The summed E-state index contributed by atoms with van der Waals surface area (Å²) in [5.74, 6) is 0.364. The molecule has 106 valence electrons. The van der Waals surface area contributed by atoms with Gasteiger partial charge in [-0.2, -0.15) is 0 Å². The summed E-state index contributed by atoms with van der Waals surface area (Å²) >= 11 is 0. The van der Waals surface area contributed by atoms with Gasteiger partial charge in [-0.1, -0.05) is 29.3 Å². The second-order valence-electron chi connectivity index (χ2n) is 5.13. The highest BCUT2D eigenvalue weighted by Gasteiger charge is 2.10. The van der Waals surface area contributed by atoms with Gasteiger partial charge in [0.15, 0.2) is 0 Å². The third kappa shape index (κ3) is 3.29. The van der Waals surface area contributed by atoms with Crippen molar-refractivity contribution in [3.8, 4) is 5.75 Å². The molecule has 0 spiro atoms. The minimum atomic E-state index is -0.276. The zero-order valence-electron chi connectivity index (χ0n) is 12.3. The summed E-state index contributed by atoms with van der Waals surface area (Å²) < 4.78 is 19.0. The van der Waals surface area contributed by atoms with Gasteiger partial charge in [0.1, 0.15) is 11.6 Å². The predicted octanol–water partition coefficient (Wildman–Crippen LogP) is 4.62. The van der Waals surface area contributed by atoms with Crippen molar-refractivity contribution < 1.29 is 9.13 Å². The lowest BCUT2D eigenvalue weighted by atomic mass is 10.0. The van der Waals surface area contributed by atoms with E-state index in [-0.39, 0.29) is 11.9 Å². The van der Waals surface area contributed by atoms with Gasteiger partial charge in [0.25, 0.3) is 0 Å². The Bertz CT molecular complexity index is 590. The van der Waals surface area contributed by atoms with Gasteiger partial charge in [-0.25, -0.2) is 4.39 Å². The largest absolute Gasteiger partial charge is 0.497 e. The molecule has 0 saturated carbocycles. The van der Waals surface area contributed by atoms with Gasteiger partial charge in [0.2, 0.25) is 0 Å². The van der Waals surface area contributed by atoms with Crippen molar-refractivity contribution in [2.24, 2.45) is 0 Å². The van der Waals surface area contributed by atoms with Crippen molar-refractivity contribution in [3.63, 3.8) is 0 Å². The number of aryl methyl sites for hydroxylation is 2. The highest BCUT2D eigenvalue weighted by atomic mass is 19.1. The highest BCUT2D eigenvalue weighted by Crippen LogP contribution is 2.26. The minimum Gasteiger partial charge on any atom is -0.497 e. The number of hydrogen-bond donors (Lipinski definition) is 1. The third-order valence-corrected chi connectivity index (χ3v) is 3.29. The molecule has 2 aromatic carbocycles. The van der Waals surface area contributed by atoms with Crippen LogP contribution in [0.3, 0.4) is 0 Å². The van der Waals surface area contributed by atoms with Gasteiger partial charge in [-0.05, 0) is 38.5 Å². The van der Waals surface area contributed by atoms with Gasteiger partial charge in [0, 0.05) is 12.1 Å². The van der Waals surface area contributed by atoms with Crippen molar-refractivity contribution in [1.29, 1.82) is 0 Å². The molecule has 0 aliphatic rings. The van der Waals surface area contributed by atoms with Crippen molar-refractivity contribution in [1.82, 2.24) is 0 Å². The lowest BCUT2D eigenvalue weighted by Gasteiger charge is -2.18. The number of methoxy groups -OCH3 is 1. The van der Waals surface area contributed by atoms with Crippen LogP contribution in [0.1, 0.15) is 29.7 Å². The summed E-state index contributed by atoms with van der Waals surface area (Å²) in [6.07, 6.45) is 0. The Kier molecular flexibility index (Phi) is 4.28. The van der Waals surface area contributed by atoms with Gasteiger partial charge >= 0.3 is 0 Å². The maximum atomic E-state index is 13.8. The minimum absolute atomic E-state index is 0.0233. The zero-order valence-corrected chi connectivity index (χ0v) is 12.3. The molecular weight excluding hydrogens is 253 g/mol. The SMILES string of the molecule is COc1ccc(F)c(NC(C)c2cc(C)cc(C)c2)c1. The Morgan fingerprint density at radius 2 is 1.70 bits per heavy atom. The van der Waals surface area contributed by atoms with Crippen LogP contribution in [0.2, 0.25) is 0 Å². The van der Waals surface area contributed by atoms with Crippen LogP contribution in [0.5, 0.6) is 5.75 Å². The summed E-state index contributed by atoms with van der Waals surface area (Å²) in [5, 5.41) is 3.20. The normalized spacial score (nSPS) is 12.1. The average Bonchev–Trinajstić information content (AvgIpc) is 2.40. The molecule has 0 amide bonds. The maximum Gasteiger partial charge on any atom is 0.146 e. The van der Waals surface area contributed by atoms with E-state index in [0.717, 1.165) is 5.56 Å². The van der Waals surface area contributed by atoms with Crippen LogP contribution in [-0.2, 0) is 0 Å². The lowest BCUT2D eigenvalue weighted by Crippen LogP contribution is -2.08. The van der Waals surface area contributed by atoms with E-state index in [0.29, 0.717) is 11.4 Å². The first-order valence-electron chi connectivity index (χ1n) is 6.68. The van der Waals surface area contributed by atoms with Crippen molar-refractivity contribution in [3.05, 3.63) is 58.9 Å². The first-order valence-corrected chi connectivity index (χ1v) is 6.68. The highest BCUT2D eigenvalue weighted by molar-refractivity contribution is 5.51. The number of halogens is 1. The molecule has 20 heavy (non-hydrogen) atoms. The number of benzene rings is 2. The number of anilines is 1. The summed E-state index contributed by atoms with van der Waals surface area (Å²) in [6.45, 7) is 6.15. The van der Waals surface area contributed by atoms with Crippen LogP contribution in [0.15, 0.2) is 36.4 Å². The first-order chi connectivity index (χ1) is 9.49. The third-order valence-electron chi connectivity index (χ3n) is 3.29. The molecule has 0 aromatic heterocycles. The summed E-state index contributed by atoms with van der Waals surface area (Å²) in [4.78, 5) is 0. The van der Waals surface area contributed by atoms with E-state index in [2.05, 4.69) is 37.4 Å². The molecule has 2 aromatic rings. The molecule has 0 radical (unpaired) electrons. The topological polar surface area (TPSA) is 21.3 Å². The predicted molar refractivity (Wildman–Crippen MR) is 80.9 cm³/mol. The molecule has 0 aliphatic heterocycles. The molecule has 1 N–H and O–H groups in total. The molecule has 0 heterocycles. The van der Waals surface area contributed by atoms with Crippen LogP contribution in [0, 0.1) is 19.7 Å². The summed E-state index contributed by atoms with van der Waals surface area (Å²) in [5.41, 5.74) is 4.01. The van der Waals surface area contributed by atoms with Gasteiger partial charge < -0.3 is 10.1 Å². The molecule has 0 aliphatic carbocycles. The van der Waals surface area contributed by atoms with E-state index in [1.807, 2.05) is 6.92 Å². The maximum absolute atomic E-state index is 13.8. The number of ether oxygens (including phenoxy) is 1.